The van der Waals surface area contributed by atoms with Crippen LogP contribution in [0.3, 0.4) is 0 Å². The molecule has 1 amide bonds. The smallest absolute Gasteiger partial charge is 0.274 e. The Morgan fingerprint density at radius 1 is 1.16 bits per heavy atom. The van der Waals surface area contributed by atoms with Gasteiger partial charge in [0.15, 0.2) is 0 Å². The molecule has 0 aromatic carbocycles. The van der Waals surface area contributed by atoms with Gasteiger partial charge in [-0.05, 0) is 44.9 Å². The van der Waals surface area contributed by atoms with E-state index >= 15 is 0 Å². The van der Waals surface area contributed by atoms with Crippen LogP contribution >= 0.6 is 0 Å². The fourth-order valence-corrected chi connectivity index (χ4v) is 5.09. The number of nitrogens with one attached hydrogen (secondary N) is 2. The average Bonchev–Trinajstić information content (AvgIpc) is 3.46. The summed E-state index contributed by atoms with van der Waals surface area (Å²) in [5.41, 5.74) is 3.96. The summed E-state index contributed by atoms with van der Waals surface area (Å²) >= 11 is 0. The standard InChI is InChI=1S/C23H29N7O2/c1-15-11-26-30-14-20(27-23(32)21(15)30)16-5-8-29(13-16)17-6-9-28(10-7-17)18-3-4-19(25-12-18)22(31)24-2/h3-4,11-12,14,16-17H,5-10,13H2,1-2H3,(H,24,31)(H,27,32). The maximum absolute atomic E-state index is 12.5. The van der Waals surface area contributed by atoms with Crippen molar-refractivity contribution in [2.45, 2.75) is 38.1 Å². The Balaban J connectivity index is 1.20. The Hall–Kier alpha value is -3.20. The van der Waals surface area contributed by atoms with Gasteiger partial charge in [0.05, 0.1) is 18.1 Å². The predicted octanol–water partition coefficient (Wildman–Crippen LogP) is 1.54. The lowest BCUT2D eigenvalue weighted by Crippen LogP contribution is -2.44. The van der Waals surface area contributed by atoms with Crippen LogP contribution in [0.25, 0.3) is 5.52 Å². The molecule has 2 N–H and O–H groups in total. The summed E-state index contributed by atoms with van der Waals surface area (Å²) < 4.78 is 1.72. The Kier molecular flexibility index (Phi) is 5.42. The molecule has 5 heterocycles. The molecule has 1 atom stereocenters. The van der Waals surface area contributed by atoms with E-state index in [2.05, 4.69) is 30.2 Å². The first-order chi connectivity index (χ1) is 15.5. The predicted molar refractivity (Wildman–Crippen MR) is 122 cm³/mol. The van der Waals surface area contributed by atoms with E-state index in [4.69, 9.17) is 0 Å². The number of pyridine rings is 1. The number of carbonyl (C=O) groups excluding carboxylic acids is 1. The number of aromatic nitrogens is 4. The van der Waals surface area contributed by atoms with Crippen LogP contribution in [-0.4, -0.2) is 69.7 Å². The van der Waals surface area contributed by atoms with Gasteiger partial charge in [0.25, 0.3) is 11.5 Å². The van der Waals surface area contributed by atoms with E-state index in [1.165, 1.54) is 0 Å². The molecule has 2 saturated heterocycles. The monoisotopic (exact) mass is 435 g/mol. The van der Waals surface area contributed by atoms with Gasteiger partial charge in [-0.15, -0.1) is 0 Å². The summed E-state index contributed by atoms with van der Waals surface area (Å²) in [6, 6.07) is 4.31. The van der Waals surface area contributed by atoms with Crippen molar-refractivity contribution < 1.29 is 4.79 Å². The molecule has 168 valence electrons. The Bertz CT molecular complexity index is 1180. The van der Waals surface area contributed by atoms with Crippen LogP contribution in [0.1, 0.15) is 46.9 Å². The van der Waals surface area contributed by atoms with Gasteiger partial charge in [-0.2, -0.15) is 5.10 Å². The summed E-state index contributed by atoms with van der Waals surface area (Å²) in [6.45, 7) is 5.88. The van der Waals surface area contributed by atoms with E-state index in [1.54, 1.807) is 30.0 Å². The second kappa shape index (κ2) is 8.38. The molecule has 3 aromatic rings. The van der Waals surface area contributed by atoms with Crippen molar-refractivity contribution in [2.24, 2.45) is 0 Å². The summed E-state index contributed by atoms with van der Waals surface area (Å²) in [7, 11) is 1.61. The van der Waals surface area contributed by atoms with Crippen molar-refractivity contribution in [2.75, 3.05) is 38.1 Å². The first-order valence-electron chi connectivity index (χ1n) is 11.3. The van der Waals surface area contributed by atoms with E-state index in [0.717, 1.165) is 62.4 Å². The number of anilines is 1. The molecule has 0 bridgehead atoms. The van der Waals surface area contributed by atoms with Gasteiger partial charge in [0.2, 0.25) is 0 Å². The molecule has 9 heteroatoms. The van der Waals surface area contributed by atoms with Crippen molar-refractivity contribution >= 4 is 17.1 Å². The fourth-order valence-electron chi connectivity index (χ4n) is 5.09. The minimum absolute atomic E-state index is 0.0553. The highest BCUT2D eigenvalue weighted by Crippen LogP contribution is 2.30. The first kappa shape index (κ1) is 20.7. The number of aryl methyl sites for hydroxylation is 1. The topological polar surface area (TPSA) is 98.6 Å². The van der Waals surface area contributed by atoms with Gasteiger partial charge >= 0.3 is 0 Å². The third kappa shape index (κ3) is 3.77. The molecule has 9 nitrogen and oxygen atoms in total. The van der Waals surface area contributed by atoms with Crippen LogP contribution in [-0.2, 0) is 0 Å². The van der Waals surface area contributed by atoms with Crippen LogP contribution in [0.15, 0.2) is 35.5 Å². The van der Waals surface area contributed by atoms with Crippen LogP contribution in [0.5, 0.6) is 0 Å². The van der Waals surface area contributed by atoms with Crippen LogP contribution in [0.4, 0.5) is 5.69 Å². The second-order valence-corrected chi connectivity index (χ2v) is 8.84. The van der Waals surface area contributed by atoms with Gasteiger partial charge in [-0.3, -0.25) is 14.5 Å². The van der Waals surface area contributed by atoms with Crippen LogP contribution in [0, 0.1) is 6.92 Å². The number of H-pyrrole nitrogens is 1. The maximum atomic E-state index is 12.5. The molecule has 1 unspecified atom stereocenters. The number of hydrogen-bond acceptors (Lipinski definition) is 6. The van der Waals surface area contributed by atoms with Crippen molar-refractivity contribution in [3.8, 4) is 0 Å². The largest absolute Gasteiger partial charge is 0.370 e. The quantitative estimate of drug-likeness (QED) is 0.645. The molecule has 2 fully saturated rings. The minimum atomic E-state index is -0.165. The number of amides is 1. The fraction of sp³-hybridized carbons (Fsp3) is 0.478. The zero-order chi connectivity index (χ0) is 22.2. The number of aromatic amines is 1. The number of piperidine rings is 1. The Labute approximate surface area is 186 Å². The third-order valence-corrected chi connectivity index (χ3v) is 6.93. The number of rotatable bonds is 4. The molecule has 0 saturated carbocycles. The van der Waals surface area contributed by atoms with Crippen molar-refractivity contribution in [1.29, 1.82) is 0 Å². The summed E-state index contributed by atoms with van der Waals surface area (Å²) in [6.07, 6.45) is 8.75. The van der Waals surface area contributed by atoms with Crippen LogP contribution in [0.2, 0.25) is 0 Å². The van der Waals surface area contributed by atoms with Gasteiger partial charge in [0.1, 0.15) is 11.2 Å². The van der Waals surface area contributed by atoms with E-state index in [-0.39, 0.29) is 11.5 Å². The minimum Gasteiger partial charge on any atom is -0.370 e. The molecule has 0 radical (unpaired) electrons. The molecule has 2 aliphatic heterocycles. The number of hydrogen-bond donors (Lipinski definition) is 2. The molecule has 32 heavy (non-hydrogen) atoms. The summed E-state index contributed by atoms with van der Waals surface area (Å²) in [5, 5.41) is 6.93. The lowest BCUT2D eigenvalue weighted by molar-refractivity contribution is 0.0958. The molecular weight excluding hydrogens is 406 g/mol. The van der Waals surface area contributed by atoms with E-state index in [1.807, 2.05) is 19.2 Å². The number of likely N-dealkylation sites (tertiary alicyclic amines) is 1. The zero-order valence-electron chi connectivity index (χ0n) is 18.5. The van der Waals surface area contributed by atoms with Gasteiger partial charge in [-0.1, -0.05) is 0 Å². The summed E-state index contributed by atoms with van der Waals surface area (Å²) in [5.74, 6) is 0.165. The molecular formula is C23H29N7O2. The Morgan fingerprint density at radius 3 is 2.69 bits per heavy atom. The van der Waals surface area contributed by atoms with Gasteiger partial charge < -0.3 is 15.2 Å². The lowest BCUT2D eigenvalue weighted by atomic mass is 10.0. The molecule has 0 aliphatic carbocycles. The highest BCUT2D eigenvalue weighted by molar-refractivity contribution is 5.92. The summed E-state index contributed by atoms with van der Waals surface area (Å²) in [4.78, 5) is 36.5. The molecule has 5 rings (SSSR count). The van der Waals surface area contributed by atoms with Crippen molar-refractivity contribution in [3.05, 3.63) is 58.0 Å². The normalized spacial score (nSPS) is 20.2. The van der Waals surface area contributed by atoms with Gasteiger partial charge in [0, 0.05) is 56.1 Å². The van der Waals surface area contributed by atoms with Crippen molar-refractivity contribution in [1.82, 2.24) is 29.8 Å². The van der Waals surface area contributed by atoms with E-state index < -0.39 is 0 Å². The lowest BCUT2D eigenvalue weighted by Gasteiger charge is -2.37. The van der Waals surface area contributed by atoms with Crippen LogP contribution < -0.4 is 15.8 Å². The number of fused-ring (bicyclic) bond motifs is 1. The van der Waals surface area contributed by atoms with Crippen molar-refractivity contribution in [3.63, 3.8) is 0 Å². The molecule has 0 spiro atoms. The van der Waals surface area contributed by atoms with E-state index in [9.17, 15) is 9.59 Å². The zero-order valence-corrected chi connectivity index (χ0v) is 18.5. The average molecular weight is 436 g/mol. The van der Waals surface area contributed by atoms with E-state index in [0.29, 0.717) is 23.2 Å². The molecule has 2 aliphatic rings. The first-order valence-corrected chi connectivity index (χ1v) is 11.3. The highest BCUT2D eigenvalue weighted by atomic mass is 16.1. The highest BCUT2D eigenvalue weighted by Gasteiger charge is 2.32. The SMILES string of the molecule is CNC(=O)c1ccc(N2CCC(N3CCC(c4cn5ncc(C)c5c(=O)[nH]4)C3)CC2)cn1. The third-order valence-electron chi connectivity index (χ3n) is 6.93. The van der Waals surface area contributed by atoms with Gasteiger partial charge in [-0.25, -0.2) is 9.50 Å². The number of carbonyl (C=O) groups is 1. The maximum Gasteiger partial charge on any atom is 0.274 e. The molecule has 3 aromatic heterocycles. The Morgan fingerprint density at radius 2 is 1.97 bits per heavy atom. The number of nitrogens with zero attached hydrogens (tertiary/aromatic N) is 5. The second-order valence-electron chi connectivity index (χ2n) is 8.84.